The van der Waals surface area contributed by atoms with Crippen LogP contribution in [0.1, 0.15) is 31.0 Å². The number of hydrogen-bond donors (Lipinski definition) is 2. The van der Waals surface area contributed by atoms with Crippen LogP contribution < -0.4 is 10.5 Å². The molecule has 1 aromatic heterocycles. The molecule has 22 heavy (non-hydrogen) atoms. The van der Waals surface area contributed by atoms with Crippen molar-refractivity contribution in [3.05, 3.63) is 22.7 Å². The largest absolute Gasteiger partial charge is 0.420 e. The number of aromatic amines is 1. The summed E-state index contributed by atoms with van der Waals surface area (Å²) in [6.45, 7) is 3.41. The number of fused-ring (bicyclic) bond motifs is 3. The molecule has 3 saturated heterocycles. The molecule has 4 aliphatic rings. The minimum atomic E-state index is -0.703. The average molecular weight is 302 g/mol. The van der Waals surface area contributed by atoms with Crippen LogP contribution in [0.15, 0.2) is 11.5 Å². The van der Waals surface area contributed by atoms with E-state index in [1.807, 2.05) is 0 Å². The number of H-pyrrole nitrogens is 1. The van der Waals surface area contributed by atoms with E-state index in [0.29, 0.717) is 24.7 Å². The first-order valence-electron chi connectivity index (χ1n) is 7.59. The summed E-state index contributed by atoms with van der Waals surface area (Å²) in [5, 5.41) is 17.0. The van der Waals surface area contributed by atoms with Crippen LogP contribution in [0.25, 0.3) is 0 Å². The molecule has 1 unspecified atom stereocenters. The van der Waals surface area contributed by atoms with Gasteiger partial charge in [0.15, 0.2) is 6.29 Å². The number of aromatic nitrogens is 2. The van der Waals surface area contributed by atoms with Crippen molar-refractivity contribution in [1.82, 2.24) is 10.2 Å². The highest BCUT2D eigenvalue weighted by atomic mass is 16.7. The zero-order valence-corrected chi connectivity index (χ0v) is 12.4. The van der Waals surface area contributed by atoms with E-state index in [1.54, 1.807) is 0 Å². The van der Waals surface area contributed by atoms with Crippen molar-refractivity contribution in [2.45, 2.75) is 37.9 Å². The van der Waals surface area contributed by atoms with Crippen LogP contribution in [0.5, 0.6) is 5.88 Å². The molecule has 0 saturated carbocycles. The van der Waals surface area contributed by atoms with Crippen molar-refractivity contribution in [3.63, 3.8) is 0 Å². The summed E-state index contributed by atoms with van der Waals surface area (Å²) in [4.78, 5) is 0. The Morgan fingerprint density at radius 3 is 2.82 bits per heavy atom. The van der Waals surface area contributed by atoms with E-state index >= 15 is 0 Å². The molecule has 5 heterocycles. The monoisotopic (exact) mass is 302 g/mol. The first-order valence-corrected chi connectivity index (χ1v) is 7.59. The fourth-order valence-electron chi connectivity index (χ4n) is 3.92. The van der Waals surface area contributed by atoms with Gasteiger partial charge in [-0.3, -0.25) is 5.10 Å². The fraction of sp³-hybridized carbons (Fsp3) is 0.600. The highest BCUT2D eigenvalue weighted by Gasteiger charge is 2.59. The smallest absolute Gasteiger partial charge is 0.244 e. The second-order valence-electron chi connectivity index (χ2n) is 6.13. The maximum absolute atomic E-state index is 9.68. The number of aryl methyl sites for hydroxylation is 1. The molecule has 1 spiro atoms. The normalized spacial score (nSPS) is 32.7. The van der Waals surface area contributed by atoms with Crippen molar-refractivity contribution in [1.29, 1.82) is 5.26 Å². The predicted octanol–water partition coefficient (Wildman–Crippen LogP) is 1.08. The lowest BCUT2D eigenvalue weighted by Gasteiger charge is -2.51. The van der Waals surface area contributed by atoms with Crippen LogP contribution in [-0.2, 0) is 21.3 Å². The number of rotatable bonds is 2. The first kappa shape index (κ1) is 13.6. The second-order valence-corrected chi connectivity index (χ2v) is 6.13. The summed E-state index contributed by atoms with van der Waals surface area (Å²) in [6, 6.07) is 2.23. The van der Waals surface area contributed by atoms with E-state index in [0.717, 1.165) is 30.5 Å². The molecule has 0 amide bonds. The van der Waals surface area contributed by atoms with Gasteiger partial charge in [-0.2, -0.15) is 5.26 Å². The second kappa shape index (κ2) is 4.73. The molecule has 1 atom stereocenters. The van der Waals surface area contributed by atoms with Crippen molar-refractivity contribution in [3.8, 4) is 11.9 Å². The molecule has 0 aliphatic carbocycles. The maximum Gasteiger partial charge on any atom is 0.244 e. The van der Waals surface area contributed by atoms with Gasteiger partial charge in [0, 0.05) is 11.6 Å². The summed E-state index contributed by atoms with van der Waals surface area (Å²) >= 11 is 0. The van der Waals surface area contributed by atoms with Crippen molar-refractivity contribution < 1.29 is 14.2 Å². The Labute approximate surface area is 128 Å². The lowest BCUT2D eigenvalue weighted by molar-refractivity contribution is -0.266. The molecule has 3 N–H and O–H groups in total. The molecule has 0 radical (unpaired) electrons. The highest BCUT2D eigenvalue weighted by Crippen LogP contribution is 2.54. The van der Waals surface area contributed by atoms with Gasteiger partial charge in [-0.05, 0) is 12.8 Å². The third-order valence-corrected chi connectivity index (χ3v) is 4.74. The van der Waals surface area contributed by atoms with Crippen LogP contribution in [0.2, 0.25) is 0 Å². The van der Waals surface area contributed by atoms with E-state index in [4.69, 9.17) is 19.9 Å². The molecule has 7 heteroatoms. The van der Waals surface area contributed by atoms with E-state index in [-0.39, 0.29) is 11.8 Å². The molecule has 0 aromatic carbocycles. The minimum Gasteiger partial charge on any atom is -0.420 e. The first-order chi connectivity index (χ1) is 10.7. The van der Waals surface area contributed by atoms with Gasteiger partial charge in [-0.1, -0.05) is 13.3 Å². The third-order valence-electron chi connectivity index (χ3n) is 4.74. The molecule has 116 valence electrons. The number of nitrogens with zero attached hydrogens (tertiary/aromatic N) is 2. The average Bonchev–Trinajstić information content (AvgIpc) is 2.92. The number of ether oxygens (including phenoxy) is 3. The SMILES string of the molecule is CCCc1[nH]nc2c1C1(CC3COC1OC3)C(C#N)=C(N)O2. The number of hydrogen-bond acceptors (Lipinski definition) is 6. The standard InChI is InChI=1S/C15H18N4O3/c1-2-3-10-11-13(19-18-10)22-12(17)9(5-16)15(11)4-8-6-20-14(15)21-7-8/h8,14H,2-4,6-7,17H2,1H3,(H,18,19). The third kappa shape index (κ3) is 1.59. The van der Waals surface area contributed by atoms with Crippen LogP contribution >= 0.6 is 0 Å². The van der Waals surface area contributed by atoms with Crippen molar-refractivity contribution in [2.75, 3.05) is 13.2 Å². The van der Waals surface area contributed by atoms with Gasteiger partial charge >= 0.3 is 0 Å². The Bertz CT molecular complexity index is 681. The molecule has 2 bridgehead atoms. The number of nitrogens with one attached hydrogen (secondary N) is 1. The van der Waals surface area contributed by atoms with Gasteiger partial charge in [0.2, 0.25) is 11.8 Å². The van der Waals surface area contributed by atoms with Gasteiger partial charge in [0.1, 0.15) is 11.6 Å². The lowest BCUT2D eigenvalue weighted by Crippen LogP contribution is -2.58. The Morgan fingerprint density at radius 2 is 2.23 bits per heavy atom. The molecule has 1 aromatic rings. The van der Waals surface area contributed by atoms with Crippen molar-refractivity contribution in [2.24, 2.45) is 11.7 Å². The van der Waals surface area contributed by atoms with Gasteiger partial charge < -0.3 is 19.9 Å². The Morgan fingerprint density at radius 1 is 1.45 bits per heavy atom. The summed E-state index contributed by atoms with van der Waals surface area (Å²) < 4.78 is 17.3. The zero-order valence-electron chi connectivity index (χ0n) is 12.4. The van der Waals surface area contributed by atoms with E-state index in [2.05, 4.69) is 23.2 Å². The number of nitrogens with two attached hydrogens (primary N) is 1. The Balaban J connectivity index is 1.95. The van der Waals surface area contributed by atoms with Crippen LogP contribution in [-0.4, -0.2) is 29.7 Å². The predicted molar refractivity (Wildman–Crippen MR) is 75.5 cm³/mol. The van der Waals surface area contributed by atoms with Crippen LogP contribution in [0.3, 0.4) is 0 Å². The van der Waals surface area contributed by atoms with Gasteiger partial charge in [-0.15, -0.1) is 5.10 Å². The molecule has 3 fully saturated rings. The minimum absolute atomic E-state index is 0.101. The lowest BCUT2D eigenvalue weighted by atomic mass is 9.64. The number of nitriles is 1. The zero-order chi connectivity index (χ0) is 15.3. The topological polar surface area (TPSA) is 106 Å². The van der Waals surface area contributed by atoms with Gasteiger partial charge in [-0.25, -0.2) is 0 Å². The maximum atomic E-state index is 9.68. The summed E-state index contributed by atoms with van der Waals surface area (Å²) in [5.41, 5.74) is 7.54. The Hall–Kier alpha value is -2.04. The molecular weight excluding hydrogens is 284 g/mol. The van der Waals surface area contributed by atoms with Gasteiger partial charge in [0.05, 0.1) is 24.2 Å². The highest BCUT2D eigenvalue weighted by molar-refractivity contribution is 5.55. The summed E-state index contributed by atoms with van der Waals surface area (Å²) in [6.07, 6.45) is 2.04. The Kier molecular flexibility index (Phi) is 2.93. The van der Waals surface area contributed by atoms with Crippen LogP contribution in [0, 0.1) is 17.2 Å². The quantitative estimate of drug-likeness (QED) is 0.846. The molecule has 4 aliphatic heterocycles. The molecule has 5 rings (SSSR count). The summed E-state index contributed by atoms with van der Waals surface area (Å²) in [7, 11) is 0. The summed E-state index contributed by atoms with van der Waals surface area (Å²) in [5.74, 6) is 0.792. The molecular formula is C15H18N4O3. The van der Waals surface area contributed by atoms with Crippen LogP contribution in [0.4, 0.5) is 0 Å². The van der Waals surface area contributed by atoms with E-state index < -0.39 is 11.7 Å². The van der Waals surface area contributed by atoms with E-state index in [9.17, 15) is 5.26 Å². The van der Waals surface area contributed by atoms with Crippen molar-refractivity contribution >= 4 is 0 Å². The fourth-order valence-corrected chi connectivity index (χ4v) is 3.92. The molecule has 7 nitrogen and oxygen atoms in total. The van der Waals surface area contributed by atoms with Gasteiger partial charge in [0.25, 0.3) is 0 Å². The van der Waals surface area contributed by atoms with E-state index in [1.165, 1.54) is 0 Å².